The average Bonchev–Trinajstić information content (AvgIpc) is 3.22. The first kappa shape index (κ1) is 31.4. The fraction of sp³-hybridized carbons (Fsp3) is 0.367. The third-order valence-corrected chi connectivity index (χ3v) is 7.77. The molecule has 0 aliphatic carbocycles. The molecule has 0 N–H and O–H groups in total. The molecule has 4 rings (SSSR count). The maximum absolute atomic E-state index is 13.3. The van der Waals surface area contributed by atoms with Crippen molar-refractivity contribution in [1.82, 2.24) is 4.90 Å². The number of nitrogens with zero attached hydrogens (tertiary/aromatic N) is 2. The highest BCUT2D eigenvalue weighted by molar-refractivity contribution is 6.42. The van der Waals surface area contributed by atoms with Gasteiger partial charge in [-0.25, -0.2) is 4.79 Å². The lowest BCUT2D eigenvalue weighted by Gasteiger charge is -2.32. The van der Waals surface area contributed by atoms with Gasteiger partial charge in [0.05, 0.1) is 79.1 Å². The zero-order valence-electron chi connectivity index (χ0n) is 23.4. The van der Waals surface area contributed by atoms with E-state index in [1.54, 1.807) is 56.3 Å². The zero-order valence-corrected chi connectivity index (χ0v) is 24.9. The predicted octanol–water partition coefficient (Wildman–Crippen LogP) is 4.49. The van der Waals surface area contributed by atoms with Gasteiger partial charge in [-0.15, -0.1) is 0 Å². The van der Waals surface area contributed by atoms with E-state index in [1.165, 1.54) is 7.11 Å². The number of aliphatic imine (C=N–C) groups is 1. The number of hydrogen-bond donors (Lipinski definition) is 0. The van der Waals surface area contributed by atoms with Crippen LogP contribution in [0.15, 0.2) is 58.7 Å². The van der Waals surface area contributed by atoms with Crippen LogP contribution >= 0.6 is 23.2 Å². The van der Waals surface area contributed by atoms with E-state index in [0.717, 1.165) is 4.90 Å². The van der Waals surface area contributed by atoms with Crippen molar-refractivity contribution < 1.29 is 38.1 Å². The number of fused-ring (bicyclic) bond motifs is 1. The Hall–Kier alpha value is -3.57. The number of hydrogen-bond acceptors (Lipinski definition) is 9. The van der Waals surface area contributed by atoms with Gasteiger partial charge in [-0.1, -0.05) is 47.5 Å². The molecular formula is C30H30Cl2N2O8. The summed E-state index contributed by atoms with van der Waals surface area (Å²) in [5.41, 5.74) is 2.02. The van der Waals surface area contributed by atoms with Crippen molar-refractivity contribution in [3.63, 3.8) is 0 Å². The number of benzene rings is 2. The number of halogens is 2. The molecule has 2 atom stereocenters. The van der Waals surface area contributed by atoms with Crippen molar-refractivity contribution in [2.45, 2.75) is 19.8 Å². The van der Waals surface area contributed by atoms with Crippen LogP contribution < -0.4 is 0 Å². The second-order valence-corrected chi connectivity index (χ2v) is 10.2. The number of carbonyl (C=O) groups is 4. The van der Waals surface area contributed by atoms with Crippen LogP contribution in [0.3, 0.4) is 0 Å². The Morgan fingerprint density at radius 3 is 2.26 bits per heavy atom. The molecule has 0 saturated carbocycles. The molecule has 0 aromatic heterocycles. The van der Waals surface area contributed by atoms with E-state index in [4.69, 9.17) is 42.1 Å². The van der Waals surface area contributed by atoms with Crippen LogP contribution in [0.2, 0.25) is 10.0 Å². The summed E-state index contributed by atoms with van der Waals surface area (Å²) in [6, 6.07) is 11.6. The first-order chi connectivity index (χ1) is 20.2. The highest BCUT2D eigenvalue weighted by Crippen LogP contribution is 2.44. The number of methoxy groups -OCH3 is 1. The molecule has 0 fully saturated rings. The van der Waals surface area contributed by atoms with Gasteiger partial charge in [0.15, 0.2) is 0 Å². The molecule has 12 heteroatoms. The van der Waals surface area contributed by atoms with E-state index in [0.29, 0.717) is 22.4 Å². The van der Waals surface area contributed by atoms with Gasteiger partial charge in [0, 0.05) is 11.6 Å². The summed E-state index contributed by atoms with van der Waals surface area (Å²) < 4.78 is 21.8. The normalized spacial score (nSPS) is 18.2. The van der Waals surface area contributed by atoms with Gasteiger partial charge in [0.2, 0.25) is 0 Å². The third-order valence-electron chi connectivity index (χ3n) is 6.93. The van der Waals surface area contributed by atoms with Crippen LogP contribution in [-0.4, -0.2) is 81.1 Å². The van der Waals surface area contributed by atoms with Crippen molar-refractivity contribution in [3.8, 4) is 0 Å². The monoisotopic (exact) mass is 616 g/mol. The molecule has 0 bridgehead atoms. The summed E-state index contributed by atoms with van der Waals surface area (Å²) in [7, 11) is 1.26. The topological polar surface area (TPSA) is 121 Å². The number of rotatable bonds is 12. The molecule has 222 valence electrons. The maximum atomic E-state index is 13.3. The van der Waals surface area contributed by atoms with Crippen LogP contribution in [0.25, 0.3) is 0 Å². The fourth-order valence-electron chi connectivity index (χ4n) is 5.01. The molecule has 0 radical (unpaired) electrons. The molecule has 0 saturated heterocycles. The first-order valence-electron chi connectivity index (χ1n) is 13.3. The van der Waals surface area contributed by atoms with Crippen LogP contribution in [0.4, 0.5) is 0 Å². The molecule has 2 amide bonds. The number of amides is 2. The maximum Gasteiger partial charge on any atom is 0.336 e. The molecule has 2 unspecified atom stereocenters. The zero-order chi connectivity index (χ0) is 30.4. The van der Waals surface area contributed by atoms with E-state index in [-0.39, 0.29) is 72.7 Å². The summed E-state index contributed by atoms with van der Waals surface area (Å²) in [4.78, 5) is 56.8. The van der Waals surface area contributed by atoms with Gasteiger partial charge in [-0.3, -0.25) is 24.3 Å². The SMILES string of the molecule is CCOC(=O)C1=C(COCCOCCN2C(=O)c3ccccc3C2=O)N=C(C)C(C(=O)OC)C1c1cccc(Cl)c1Cl. The Morgan fingerprint density at radius 1 is 0.952 bits per heavy atom. The standard InChI is InChI=1S/C30H30Cl2N2O8/c1-4-42-30(38)25-22(33-17(2)23(29(37)39-3)24(25)20-10-7-11-21(31)26(20)32)16-41-15-14-40-13-12-34-27(35)18-8-5-6-9-19(18)28(34)36/h5-11,23-24H,4,12-16H2,1-3H3. The Balaban J connectivity index is 1.44. The van der Waals surface area contributed by atoms with Crippen molar-refractivity contribution in [3.05, 3.63) is 80.5 Å². The average molecular weight is 617 g/mol. The van der Waals surface area contributed by atoms with Crippen LogP contribution in [0.1, 0.15) is 46.0 Å². The minimum Gasteiger partial charge on any atom is -0.468 e. The lowest BCUT2D eigenvalue weighted by atomic mass is 9.75. The summed E-state index contributed by atoms with van der Waals surface area (Å²) in [5, 5.41) is 0.457. The van der Waals surface area contributed by atoms with Crippen LogP contribution in [0, 0.1) is 5.92 Å². The van der Waals surface area contributed by atoms with Gasteiger partial charge in [-0.05, 0) is 37.6 Å². The minimum atomic E-state index is -0.945. The predicted molar refractivity (Wildman–Crippen MR) is 155 cm³/mol. The number of ether oxygens (including phenoxy) is 4. The molecule has 42 heavy (non-hydrogen) atoms. The Bertz CT molecular complexity index is 1420. The van der Waals surface area contributed by atoms with Crippen molar-refractivity contribution >= 4 is 52.7 Å². The summed E-state index contributed by atoms with van der Waals surface area (Å²) in [6.45, 7) is 3.85. The molecule has 2 aromatic rings. The third kappa shape index (κ3) is 6.42. The van der Waals surface area contributed by atoms with Gasteiger partial charge in [0.1, 0.15) is 5.92 Å². The molecule has 2 aliphatic rings. The van der Waals surface area contributed by atoms with Crippen molar-refractivity contribution in [2.24, 2.45) is 10.9 Å². The van der Waals surface area contributed by atoms with E-state index in [1.807, 2.05) is 0 Å². The van der Waals surface area contributed by atoms with E-state index < -0.39 is 23.8 Å². The highest BCUT2D eigenvalue weighted by Gasteiger charge is 2.44. The molecule has 2 aromatic carbocycles. The summed E-state index contributed by atoms with van der Waals surface area (Å²) >= 11 is 12.8. The fourth-order valence-corrected chi connectivity index (χ4v) is 5.44. The van der Waals surface area contributed by atoms with Crippen molar-refractivity contribution in [2.75, 3.05) is 46.7 Å². The smallest absolute Gasteiger partial charge is 0.336 e. The summed E-state index contributed by atoms with van der Waals surface area (Å²) in [5.74, 6) is -3.78. The van der Waals surface area contributed by atoms with E-state index in [9.17, 15) is 19.2 Å². The van der Waals surface area contributed by atoms with Crippen LogP contribution in [0.5, 0.6) is 0 Å². The quantitative estimate of drug-likeness (QED) is 0.194. The molecule has 0 spiro atoms. The van der Waals surface area contributed by atoms with Crippen LogP contribution in [-0.2, 0) is 28.5 Å². The largest absolute Gasteiger partial charge is 0.468 e. The number of imide groups is 1. The van der Waals surface area contributed by atoms with Gasteiger partial charge < -0.3 is 18.9 Å². The van der Waals surface area contributed by atoms with Crippen molar-refractivity contribution in [1.29, 1.82) is 0 Å². The lowest BCUT2D eigenvalue weighted by Crippen LogP contribution is -2.37. The second-order valence-electron chi connectivity index (χ2n) is 9.43. The van der Waals surface area contributed by atoms with E-state index in [2.05, 4.69) is 4.99 Å². The van der Waals surface area contributed by atoms with Gasteiger partial charge in [0.25, 0.3) is 11.8 Å². The van der Waals surface area contributed by atoms with Gasteiger partial charge >= 0.3 is 11.9 Å². The molecule has 2 aliphatic heterocycles. The lowest BCUT2D eigenvalue weighted by molar-refractivity contribution is -0.144. The van der Waals surface area contributed by atoms with Gasteiger partial charge in [-0.2, -0.15) is 0 Å². The molecule has 2 heterocycles. The first-order valence-corrected chi connectivity index (χ1v) is 14.0. The highest BCUT2D eigenvalue weighted by atomic mass is 35.5. The second kappa shape index (κ2) is 14.1. The van der Waals surface area contributed by atoms with E-state index >= 15 is 0 Å². The Kier molecular flexibility index (Phi) is 10.5. The molecule has 10 nitrogen and oxygen atoms in total. The minimum absolute atomic E-state index is 0.0875. The Morgan fingerprint density at radius 2 is 1.62 bits per heavy atom. The summed E-state index contributed by atoms with van der Waals surface area (Å²) in [6.07, 6.45) is 0. The molecular weight excluding hydrogens is 587 g/mol. The number of esters is 2. The Labute approximate surface area is 253 Å². The number of carbonyl (C=O) groups excluding carboxylic acids is 4.